The molecule has 0 bridgehead atoms. The molecule has 0 aliphatic rings. The zero-order chi connectivity index (χ0) is 17.7. The van der Waals surface area contributed by atoms with Crippen LogP contribution in [0.3, 0.4) is 0 Å². The number of ether oxygens (including phenoxy) is 2. The standard InChI is InChI=1S/C19H22BrNO3/c1-12(2)11-24-17-8-5-14(10-18(17)23-4)19(22)21-15-6-7-16(20)13(3)9-15/h5-10,12H,11H2,1-4H3,(H,21,22). The molecule has 0 fully saturated rings. The molecule has 0 atom stereocenters. The highest BCUT2D eigenvalue weighted by molar-refractivity contribution is 9.10. The third-order valence-electron chi connectivity index (χ3n) is 3.41. The highest BCUT2D eigenvalue weighted by Crippen LogP contribution is 2.29. The Morgan fingerprint density at radius 3 is 2.54 bits per heavy atom. The fraction of sp³-hybridized carbons (Fsp3) is 0.316. The van der Waals surface area contributed by atoms with Gasteiger partial charge in [-0.3, -0.25) is 4.79 Å². The Morgan fingerprint density at radius 2 is 1.92 bits per heavy atom. The number of methoxy groups -OCH3 is 1. The molecule has 1 amide bonds. The van der Waals surface area contributed by atoms with Crippen molar-refractivity contribution >= 4 is 27.5 Å². The molecule has 0 aliphatic heterocycles. The quantitative estimate of drug-likeness (QED) is 0.748. The molecule has 0 saturated carbocycles. The van der Waals surface area contributed by atoms with Gasteiger partial charge in [-0.05, 0) is 54.8 Å². The molecular formula is C19H22BrNO3. The fourth-order valence-corrected chi connectivity index (χ4v) is 2.36. The van der Waals surface area contributed by atoms with E-state index in [0.717, 1.165) is 15.7 Å². The molecule has 0 unspecified atom stereocenters. The van der Waals surface area contributed by atoms with Gasteiger partial charge in [-0.15, -0.1) is 0 Å². The predicted molar refractivity (Wildman–Crippen MR) is 100 cm³/mol. The Morgan fingerprint density at radius 1 is 1.17 bits per heavy atom. The van der Waals surface area contributed by atoms with Crippen LogP contribution in [0.5, 0.6) is 11.5 Å². The average molecular weight is 392 g/mol. The molecule has 4 nitrogen and oxygen atoms in total. The maximum Gasteiger partial charge on any atom is 0.255 e. The summed E-state index contributed by atoms with van der Waals surface area (Å²) in [6.07, 6.45) is 0. The SMILES string of the molecule is COc1cc(C(=O)Nc2ccc(Br)c(C)c2)ccc1OCC(C)C. The Bertz CT molecular complexity index is 729. The molecule has 0 heterocycles. The molecule has 0 aliphatic carbocycles. The van der Waals surface area contributed by atoms with Gasteiger partial charge in [0.25, 0.3) is 5.91 Å². The molecule has 2 aromatic rings. The lowest BCUT2D eigenvalue weighted by molar-refractivity contribution is 0.102. The van der Waals surface area contributed by atoms with Crippen LogP contribution in [0.4, 0.5) is 5.69 Å². The number of hydrogen-bond donors (Lipinski definition) is 1. The normalized spacial score (nSPS) is 10.6. The summed E-state index contributed by atoms with van der Waals surface area (Å²) >= 11 is 3.45. The largest absolute Gasteiger partial charge is 0.493 e. The monoisotopic (exact) mass is 391 g/mol. The van der Waals surface area contributed by atoms with E-state index in [0.29, 0.717) is 29.6 Å². The lowest BCUT2D eigenvalue weighted by Crippen LogP contribution is -2.12. The summed E-state index contributed by atoms with van der Waals surface area (Å²) in [4.78, 5) is 12.4. The molecular weight excluding hydrogens is 370 g/mol. The van der Waals surface area contributed by atoms with E-state index in [9.17, 15) is 4.79 Å². The van der Waals surface area contributed by atoms with E-state index in [1.807, 2.05) is 25.1 Å². The molecule has 0 radical (unpaired) electrons. The van der Waals surface area contributed by atoms with Gasteiger partial charge in [0.15, 0.2) is 11.5 Å². The van der Waals surface area contributed by atoms with Gasteiger partial charge in [0, 0.05) is 15.7 Å². The number of anilines is 1. The minimum absolute atomic E-state index is 0.189. The van der Waals surface area contributed by atoms with Crippen molar-refractivity contribution in [2.45, 2.75) is 20.8 Å². The number of nitrogens with one attached hydrogen (secondary N) is 1. The molecule has 0 spiro atoms. The summed E-state index contributed by atoms with van der Waals surface area (Å²) in [7, 11) is 1.57. The zero-order valence-corrected chi connectivity index (χ0v) is 15.9. The summed E-state index contributed by atoms with van der Waals surface area (Å²) in [6, 6.07) is 10.9. The van der Waals surface area contributed by atoms with E-state index in [1.165, 1.54) is 0 Å². The number of aryl methyl sites for hydroxylation is 1. The Kier molecular flexibility index (Phi) is 6.26. The van der Waals surface area contributed by atoms with Gasteiger partial charge in [0.1, 0.15) is 0 Å². The molecule has 2 aromatic carbocycles. The second kappa shape index (κ2) is 8.20. The number of carbonyl (C=O) groups excluding carboxylic acids is 1. The van der Waals surface area contributed by atoms with Crippen LogP contribution in [-0.4, -0.2) is 19.6 Å². The van der Waals surface area contributed by atoms with Crippen LogP contribution in [0, 0.1) is 12.8 Å². The predicted octanol–water partition coefficient (Wildman–Crippen LogP) is 5.05. The zero-order valence-electron chi connectivity index (χ0n) is 14.4. The van der Waals surface area contributed by atoms with E-state index in [-0.39, 0.29) is 5.91 Å². The number of hydrogen-bond acceptors (Lipinski definition) is 3. The second-order valence-corrected chi connectivity index (χ2v) is 6.84. The van der Waals surface area contributed by atoms with Crippen LogP contribution in [-0.2, 0) is 0 Å². The summed E-state index contributed by atoms with van der Waals surface area (Å²) < 4.78 is 12.1. The van der Waals surface area contributed by atoms with Gasteiger partial charge in [-0.25, -0.2) is 0 Å². The van der Waals surface area contributed by atoms with Gasteiger partial charge in [-0.2, -0.15) is 0 Å². The fourth-order valence-electron chi connectivity index (χ4n) is 2.11. The van der Waals surface area contributed by atoms with Crippen molar-refractivity contribution in [3.8, 4) is 11.5 Å². The first-order chi connectivity index (χ1) is 11.4. The Balaban J connectivity index is 2.15. The van der Waals surface area contributed by atoms with E-state index < -0.39 is 0 Å². The molecule has 0 aromatic heterocycles. The second-order valence-electron chi connectivity index (χ2n) is 5.99. The first-order valence-corrected chi connectivity index (χ1v) is 8.58. The van der Waals surface area contributed by atoms with Crippen LogP contribution < -0.4 is 14.8 Å². The van der Waals surface area contributed by atoms with Crippen LogP contribution in [0.25, 0.3) is 0 Å². The molecule has 0 saturated heterocycles. The van der Waals surface area contributed by atoms with Crippen LogP contribution >= 0.6 is 15.9 Å². The molecule has 24 heavy (non-hydrogen) atoms. The lowest BCUT2D eigenvalue weighted by atomic mass is 10.1. The molecule has 5 heteroatoms. The summed E-state index contributed by atoms with van der Waals surface area (Å²) in [6.45, 7) is 6.73. The van der Waals surface area contributed by atoms with Crippen molar-refractivity contribution < 1.29 is 14.3 Å². The van der Waals surface area contributed by atoms with Crippen LogP contribution in [0.2, 0.25) is 0 Å². The molecule has 1 N–H and O–H groups in total. The first kappa shape index (κ1) is 18.3. The Hall–Kier alpha value is -2.01. The average Bonchev–Trinajstić information content (AvgIpc) is 2.56. The number of carbonyl (C=O) groups is 1. The number of amides is 1. The highest BCUT2D eigenvalue weighted by Gasteiger charge is 2.12. The van der Waals surface area contributed by atoms with Gasteiger partial charge < -0.3 is 14.8 Å². The van der Waals surface area contributed by atoms with Crippen molar-refractivity contribution in [3.63, 3.8) is 0 Å². The van der Waals surface area contributed by atoms with Gasteiger partial charge in [0.2, 0.25) is 0 Å². The van der Waals surface area contributed by atoms with Crippen molar-refractivity contribution in [1.29, 1.82) is 0 Å². The minimum atomic E-state index is -0.189. The third kappa shape index (κ3) is 4.74. The number of halogens is 1. The maximum absolute atomic E-state index is 12.4. The van der Waals surface area contributed by atoms with Crippen molar-refractivity contribution in [3.05, 3.63) is 52.0 Å². The van der Waals surface area contributed by atoms with Gasteiger partial charge >= 0.3 is 0 Å². The van der Waals surface area contributed by atoms with Gasteiger partial charge in [0.05, 0.1) is 13.7 Å². The van der Waals surface area contributed by atoms with Crippen molar-refractivity contribution in [1.82, 2.24) is 0 Å². The van der Waals surface area contributed by atoms with E-state index in [1.54, 1.807) is 25.3 Å². The van der Waals surface area contributed by atoms with Crippen LogP contribution in [0.15, 0.2) is 40.9 Å². The number of rotatable bonds is 6. The minimum Gasteiger partial charge on any atom is -0.493 e. The van der Waals surface area contributed by atoms with Crippen molar-refractivity contribution in [2.24, 2.45) is 5.92 Å². The van der Waals surface area contributed by atoms with E-state index >= 15 is 0 Å². The van der Waals surface area contributed by atoms with Crippen molar-refractivity contribution in [2.75, 3.05) is 19.0 Å². The summed E-state index contributed by atoms with van der Waals surface area (Å²) in [5.74, 6) is 1.42. The number of benzene rings is 2. The molecule has 128 valence electrons. The Labute approximate surface area is 151 Å². The summed E-state index contributed by atoms with van der Waals surface area (Å²) in [5, 5.41) is 2.89. The smallest absolute Gasteiger partial charge is 0.255 e. The highest BCUT2D eigenvalue weighted by atomic mass is 79.9. The third-order valence-corrected chi connectivity index (χ3v) is 4.30. The van der Waals surface area contributed by atoms with Gasteiger partial charge in [-0.1, -0.05) is 29.8 Å². The first-order valence-electron chi connectivity index (χ1n) is 7.79. The van der Waals surface area contributed by atoms with E-state index in [2.05, 4.69) is 35.1 Å². The summed E-state index contributed by atoms with van der Waals surface area (Å²) in [5.41, 5.74) is 2.33. The van der Waals surface area contributed by atoms with E-state index in [4.69, 9.17) is 9.47 Å². The molecule has 2 rings (SSSR count). The van der Waals surface area contributed by atoms with Crippen LogP contribution in [0.1, 0.15) is 29.8 Å². The lowest BCUT2D eigenvalue weighted by Gasteiger charge is -2.14. The maximum atomic E-state index is 12.4. The topological polar surface area (TPSA) is 47.6 Å².